The van der Waals surface area contributed by atoms with Crippen LogP contribution in [0.3, 0.4) is 0 Å². The van der Waals surface area contributed by atoms with Gasteiger partial charge in [0, 0.05) is 0 Å². The molecule has 8 rings (SSSR count). The average Bonchev–Trinajstić information content (AvgIpc) is 3.27. The number of hydrogen-bond donors (Lipinski definition) is 0. The van der Waals surface area contributed by atoms with Crippen LogP contribution in [0.4, 0.5) is 4.79 Å². The second-order valence-electron chi connectivity index (χ2n) is 13.2. The predicted molar refractivity (Wildman–Crippen MR) is 228 cm³/mol. The van der Waals surface area contributed by atoms with E-state index in [0.717, 1.165) is 28.1 Å². The second kappa shape index (κ2) is 14.8. The van der Waals surface area contributed by atoms with Crippen molar-refractivity contribution in [1.29, 1.82) is 0 Å². The topological polar surface area (TPSA) is 35.5 Å². The summed E-state index contributed by atoms with van der Waals surface area (Å²) in [6, 6.07) is 82.6. The molecule has 8 aromatic rings. The van der Waals surface area contributed by atoms with Crippen LogP contribution in [0.25, 0.3) is 0 Å². The first-order valence-electron chi connectivity index (χ1n) is 18.1. The molecule has 0 atom stereocenters. The van der Waals surface area contributed by atoms with Crippen molar-refractivity contribution in [3.63, 3.8) is 0 Å². The Bertz CT molecular complexity index is 1930. The molecule has 8 aromatic carbocycles. The summed E-state index contributed by atoms with van der Waals surface area (Å²) < 4.78 is 23.1. The molecule has 54 heavy (non-hydrogen) atoms. The van der Waals surface area contributed by atoms with Gasteiger partial charge in [0.1, 0.15) is 0 Å². The third kappa shape index (κ3) is 5.37. The molecule has 0 aliphatic carbocycles. The van der Waals surface area contributed by atoms with Crippen LogP contribution in [-0.4, -0.2) is 41.8 Å². The maximum absolute atomic E-state index is 16.1. The molecule has 3 nitrogen and oxygen atoms in total. The van der Waals surface area contributed by atoms with Crippen LogP contribution >= 0.6 is 0 Å². The van der Waals surface area contributed by atoms with E-state index >= 15 is 4.79 Å². The van der Waals surface area contributed by atoms with Gasteiger partial charge in [0.2, 0.25) is 0 Å². The van der Waals surface area contributed by atoms with Crippen LogP contribution in [0, 0.1) is 0 Å². The van der Waals surface area contributed by atoms with E-state index < -0.39 is 41.8 Å². The summed E-state index contributed by atoms with van der Waals surface area (Å²) in [4.78, 5) is 16.1. The SMILES string of the molecule is O=C([O][Sb]([c]1ccccc1)([c]1ccccc1)([c]1ccccc1)[c]1ccccc1)[O][Sb]([c]1ccccc1)([c]1ccccc1)([c]1ccccc1)[c]1ccccc1. The number of benzene rings is 8. The molecule has 0 N–H and O–H groups in total. The molecule has 0 bridgehead atoms. The fourth-order valence-corrected chi connectivity index (χ4v) is 40.2. The minimum atomic E-state index is -5.73. The van der Waals surface area contributed by atoms with Gasteiger partial charge >= 0.3 is 323 Å². The summed E-state index contributed by atoms with van der Waals surface area (Å²) >= 11 is -11.5. The summed E-state index contributed by atoms with van der Waals surface area (Å²) in [5.74, 6) is 0. The second-order valence-corrected chi connectivity index (χ2v) is 37.8. The molecule has 0 fully saturated rings. The van der Waals surface area contributed by atoms with E-state index in [1.165, 1.54) is 0 Å². The Hall–Kier alpha value is -5.33. The van der Waals surface area contributed by atoms with E-state index in [4.69, 9.17) is 6.03 Å². The molecule has 0 aromatic heterocycles. The zero-order valence-corrected chi connectivity index (χ0v) is 34.8. The standard InChI is InChI=1S/8C6H5.CH2O3.2Sb/c8*1-2-4-6-5-3-1;2-1(3)4;;/h8*1-5H;(H2,2,3,4);;/q;;;;;;;;;2*+1/p-2. The van der Waals surface area contributed by atoms with Gasteiger partial charge in [-0.25, -0.2) is 0 Å². The molecule has 0 aliphatic heterocycles. The van der Waals surface area contributed by atoms with Crippen molar-refractivity contribution in [2.75, 3.05) is 0 Å². The predicted octanol–water partition coefficient (Wildman–Crippen LogP) is 6.20. The summed E-state index contributed by atoms with van der Waals surface area (Å²) in [5, 5.41) is 0. The molecule has 0 saturated heterocycles. The van der Waals surface area contributed by atoms with Gasteiger partial charge in [0.15, 0.2) is 0 Å². The molecule has 0 radical (unpaired) electrons. The van der Waals surface area contributed by atoms with Crippen LogP contribution in [0.15, 0.2) is 243 Å². The fourth-order valence-electron chi connectivity index (χ4n) is 8.22. The van der Waals surface area contributed by atoms with Crippen LogP contribution in [0.5, 0.6) is 0 Å². The number of carbonyl (C=O) groups is 1. The van der Waals surface area contributed by atoms with Crippen molar-refractivity contribution in [1.82, 2.24) is 0 Å². The Kier molecular flexibility index (Phi) is 9.80. The zero-order chi connectivity index (χ0) is 36.8. The summed E-state index contributed by atoms with van der Waals surface area (Å²) in [6.07, 6.45) is -0.709. The van der Waals surface area contributed by atoms with Gasteiger partial charge in [-0.15, -0.1) is 0 Å². The average molecular weight is 920 g/mol. The molecule has 0 unspecified atom stereocenters. The summed E-state index contributed by atoms with van der Waals surface area (Å²) in [6.45, 7) is 0. The molecule has 0 spiro atoms. The van der Waals surface area contributed by atoms with E-state index in [0.29, 0.717) is 0 Å². The maximum atomic E-state index is 16.1. The third-order valence-electron chi connectivity index (χ3n) is 10.5. The van der Waals surface area contributed by atoms with Crippen molar-refractivity contribution in [2.24, 2.45) is 0 Å². The van der Waals surface area contributed by atoms with Gasteiger partial charge in [-0.05, 0) is 0 Å². The van der Waals surface area contributed by atoms with E-state index in [2.05, 4.69) is 97.1 Å². The van der Waals surface area contributed by atoms with Crippen molar-refractivity contribution >= 4 is 69.9 Å². The Morgan fingerprint density at radius 2 is 0.370 bits per heavy atom. The summed E-state index contributed by atoms with van der Waals surface area (Å²) in [7, 11) is 0. The molecule has 0 saturated carbocycles. The van der Waals surface area contributed by atoms with Crippen LogP contribution in [-0.2, 0) is 6.03 Å². The summed E-state index contributed by atoms with van der Waals surface area (Å²) in [5.41, 5.74) is 0. The van der Waals surface area contributed by atoms with Crippen LogP contribution in [0.1, 0.15) is 0 Å². The normalized spacial score (nSPS) is 13.0. The minimum absolute atomic E-state index is 0.709. The quantitative estimate of drug-likeness (QED) is 0.154. The van der Waals surface area contributed by atoms with E-state index in [-0.39, 0.29) is 0 Å². The molecular formula is C49H40O3Sb2. The Balaban J connectivity index is 1.52. The van der Waals surface area contributed by atoms with Gasteiger partial charge in [-0.2, -0.15) is 0 Å². The van der Waals surface area contributed by atoms with E-state index in [1.807, 2.05) is 146 Å². The third-order valence-corrected chi connectivity index (χ3v) is 42.7. The first-order valence-corrected chi connectivity index (χ1v) is 30.3. The molecular weight excluding hydrogens is 880 g/mol. The van der Waals surface area contributed by atoms with Gasteiger partial charge in [0.25, 0.3) is 0 Å². The number of carbonyl (C=O) groups excluding carboxylic acids is 1. The number of hydrogen-bond acceptors (Lipinski definition) is 3. The van der Waals surface area contributed by atoms with Crippen LogP contribution < -0.4 is 28.1 Å². The molecule has 0 amide bonds. The Labute approximate surface area is 320 Å². The first-order chi connectivity index (χ1) is 26.6. The molecule has 5 heteroatoms. The van der Waals surface area contributed by atoms with Gasteiger partial charge in [-0.3, -0.25) is 0 Å². The van der Waals surface area contributed by atoms with E-state index in [1.54, 1.807) is 0 Å². The van der Waals surface area contributed by atoms with Crippen LogP contribution in [0.2, 0.25) is 0 Å². The monoisotopic (exact) mass is 918 g/mol. The van der Waals surface area contributed by atoms with E-state index in [9.17, 15) is 0 Å². The van der Waals surface area contributed by atoms with Gasteiger partial charge < -0.3 is 0 Å². The fraction of sp³-hybridized carbons (Fsp3) is 0. The number of rotatable bonds is 10. The van der Waals surface area contributed by atoms with Gasteiger partial charge in [-0.1, -0.05) is 0 Å². The van der Waals surface area contributed by atoms with Crippen molar-refractivity contribution in [3.8, 4) is 0 Å². The van der Waals surface area contributed by atoms with Crippen molar-refractivity contribution in [2.45, 2.75) is 0 Å². The van der Waals surface area contributed by atoms with Crippen molar-refractivity contribution < 1.29 is 10.8 Å². The first kappa shape index (κ1) is 35.7. The molecule has 264 valence electrons. The molecule has 0 aliphatic rings. The molecule has 0 heterocycles. The Morgan fingerprint density at radius 1 is 0.241 bits per heavy atom. The zero-order valence-electron chi connectivity index (χ0n) is 29.7. The van der Waals surface area contributed by atoms with Crippen molar-refractivity contribution in [3.05, 3.63) is 243 Å². The Morgan fingerprint density at radius 3 is 0.500 bits per heavy atom. The van der Waals surface area contributed by atoms with Gasteiger partial charge in [0.05, 0.1) is 0 Å².